The number of aryl methyl sites for hydroxylation is 1. The smallest absolute Gasteiger partial charge is 0.272 e. The highest BCUT2D eigenvalue weighted by Gasteiger charge is 2.14. The Morgan fingerprint density at radius 1 is 1.08 bits per heavy atom. The molecular weight excluding hydrogens is 322 g/mol. The van der Waals surface area contributed by atoms with Crippen LogP contribution in [0.4, 0.5) is 5.69 Å². The van der Waals surface area contributed by atoms with E-state index in [2.05, 4.69) is 10.6 Å². The molecule has 0 heterocycles. The third-order valence-corrected chi connectivity index (χ3v) is 3.64. The highest BCUT2D eigenvalue weighted by atomic mass is 16.6. The zero-order chi connectivity index (χ0) is 18.2. The van der Waals surface area contributed by atoms with Crippen molar-refractivity contribution >= 4 is 17.5 Å². The van der Waals surface area contributed by atoms with Crippen molar-refractivity contribution < 1.29 is 14.5 Å². The van der Waals surface area contributed by atoms with Crippen LogP contribution in [0.15, 0.2) is 48.5 Å². The third kappa shape index (κ3) is 5.42. The molecule has 0 saturated carbocycles. The van der Waals surface area contributed by atoms with Gasteiger partial charge in [0.15, 0.2) is 0 Å². The fraction of sp³-hybridized carbons (Fsp3) is 0.222. The maximum atomic E-state index is 12.0. The monoisotopic (exact) mass is 341 g/mol. The standard InChI is InChI=1S/C18H19N3O4/c1-13-11-15(7-8-16(13)21(24)25)18(23)20-12-17(22)19-10-9-14-5-3-2-4-6-14/h2-8,11H,9-10,12H2,1H3,(H,19,22)(H,20,23). The Hall–Kier alpha value is -3.22. The molecule has 0 aromatic heterocycles. The van der Waals surface area contributed by atoms with Gasteiger partial charge in [0.25, 0.3) is 11.6 Å². The number of carbonyl (C=O) groups excluding carboxylic acids is 2. The molecule has 25 heavy (non-hydrogen) atoms. The summed E-state index contributed by atoms with van der Waals surface area (Å²) in [7, 11) is 0. The first-order valence-electron chi connectivity index (χ1n) is 7.81. The van der Waals surface area contributed by atoms with Gasteiger partial charge in [-0.1, -0.05) is 30.3 Å². The summed E-state index contributed by atoms with van der Waals surface area (Å²) in [6, 6.07) is 13.8. The van der Waals surface area contributed by atoms with E-state index in [4.69, 9.17) is 0 Å². The molecule has 2 aromatic carbocycles. The van der Waals surface area contributed by atoms with E-state index in [0.717, 1.165) is 5.56 Å². The first kappa shape index (κ1) is 18.1. The molecule has 0 bridgehead atoms. The van der Waals surface area contributed by atoms with E-state index in [1.165, 1.54) is 18.2 Å². The topological polar surface area (TPSA) is 101 Å². The van der Waals surface area contributed by atoms with Crippen LogP contribution in [0, 0.1) is 17.0 Å². The van der Waals surface area contributed by atoms with Gasteiger partial charge in [0.2, 0.25) is 5.91 Å². The van der Waals surface area contributed by atoms with Crippen LogP contribution in [0.25, 0.3) is 0 Å². The Bertz CT molecular complexity index is 775. The van der Waals surface area contributed by atoms with Crippen LogP contribution < -0.4 is 10.6 Å². The summed E-state index contributed by atoms with van der Waals surface area (Å²) in [5.74, 6) is -0.737. The average molecular weight is 341 g/mol. The highest BCUT2D eigenvalue weighted by molar-refractivity contribution is 5.96. The predicted molar refractivity (Wildman–Crippen MR) is 93.3 cm³/mol. The number of amides is 2. The second-order valence-electron chi connectivity index (χ2n) is 5.53. The highest BCUT2D eigenvalue weighted by Crippen LogP contribution is 2.18. The van der Waals surface area contributed by atoms with E-state index < -0.39 is 10.8 Å². The molecule has 0 radical (unpaired) electrons. The van der Waals surface area contributed by atoms with E-state index in [9.17, 15) is 19.7 Å². The summed E-state index contributed by atoms with van der Waals surface area (Å²) in [5, 5.41) is 16.0. The summed E-state index contributed by atoms with van der Waals surface area (Å²) in [5.41, 5.74) is 1.74. The van der Waals surface area contributed by atoms with Crippen LogP contribution >= 0.6 is 0 Å². The van der Waals surface area contributed by atoms with Crippen LogP contribution in [0.1, 0.15) is 21.5 Å². The number of hydrogen-bond donors (Lipinski definition) is 2. The Kier molecular flexibility index (Phi) is 6.22. The van der Waals surface area contributed by atoms with Crippen molar-refractivity contribution in [3.05, 3.63) is 75.3 Å². The first-order valence-corrected chi connectivity index (χ1v) is 7.81. The number of nitro groups is 1. The zero-order valence-electron chi connectivity index (χ0n) is 13.8. The normalized spacial score (nSPS) is 10.1. The van der Waals surface area contributed by atoms with Crippen molar-refractivity contribution in [2.24, 2.45) is 0 Å². The van der Waals surface area contributed by atoms with E-state index in [-0.39, 0.29) is 23.7 Å². The maximum absolute atomic E-state index is 12.0. The van der Waals surface area contributed by atoms with Gasteiger partial charge in [-0.05, 0) is 31.0 Å². The van der Waals surface area contributed by atoms with Gasteiger partial charge in [-0.15, -0.1) is 0 Å². The Labute approximate surface area is 145 Å². The third-order valence-electron chi connectivity index (χ3n) is 3.64. The molecule has 7 nitrogen and oxygen atoms in total. The summed E-state index contributed by atoms with van der Waals surface area (Å²) >= 11 is 0. The van der Waals surface area contributed by atoms with Crippen molar-refractivity contribution in [2.75, 3.05) is 13.1 Å². The average Bonchev–Trinajstić information content (AvgIpc) is 2.60. The molecule has 0 unspecified atom stereocenters. The molecular formula is C18H19N3O4. The number of nitrogens with one attached hydrogen (secondary N) is 2. The van der Waals surface area contributed by atoms with Crippen LogP contribution in [-0.4, -0.2) is 29.8 Å². The molecule has 0 atom stereocenters. The van der Waals surface area contributed by atoms with Gasteiger partial charge in [0.05, 0.1) is 11.5 Å². The van der Waals surface area contributed by atoms with Gasteiger partial charge >= 0.3 is 0 Å². The zero-order valence-corrected chi connectivity index (χ0v) is 13.8. The van der Waals surface area contributed by atoms with Gasteiger partial charge in [0, 0.05) is 23.7 Å². The van der Waals surface area contributed by atoms with Crippen LogP contribution in [0.2, 0.25) is 0 Å². The lowest BCUT2D eigenvalue weighted by Gasteiger charge is -2.08. The predicted octanol–water partition coefficient (Wildman–Crippen LogP) is 1.99. The van der Waals surface area contributed by atoms with E-state index in [0.29, 0.717) is 18.5 Å². The quantitative estimate of drug-likeness (QED) is 0.594. The van der Waals surface area contributed by atoms with Crippen molar-refractivity contribution in [1.29, 1.82) is 0 Å². The molecule has 2 N–H and O–H groups in total. The fourth-order valence-electron chi connectivity index (χ4n) is 2.32. The number of nitro benzene ring substituents is 1. The minimum Gasteiger partial charge on any atom is -0.354 e. The van der Waals surface area contributed by atoms with Gasteiger partial charge in [0.1, 0.15) is 0 Å². The van der Waals surface area contributed by atoms with E-state index >= 15 is 0 Å². The lowest BCUT2D eigenvalue weighted by atomic mass is 10.1. The number of benzene rings is 2. The lowest BCUT2D eigenvalue weighted by Crippen LogP contribution is -2.37. The molecule has 2 amide bonds. The second-order valence-corrected chi connectivity index (χ2v) is 5.53. The Morgan fingerprint density at radius 3 is 2.44 bits per heavy atom. The molecule has 0 aliphatic carbocycles. The molecule has 0 spiro atoms. The first-order chi connectivity index (χ1) is 12.0. The number of carbonyl (C=O) groups is 2. The summed E-state index contributed by atoms with van der Waals surface area (Å²) in [4.78, 5) is 34.1. The Morgan fingerprint density at radius 2 is 1.80 bits per heavy atom. The van der Waals surface area contributed by atoms with Crippen molar-refractivity contribution in [1.82, 2.24) is 10.6 Å². The number of rotatable bonds is 7. The molecule has 2 aromatic rings. The van der Waals surface area contributed by atoms with Crippen LogP contribution in [0.3, 0.4) is 0 Å². The minimum absolute atomic E-state index is 0.0461. The summed E-state index contributed by atoms with van der Waals surface area (Å²) in [6.07, 6.45) is 0.710. The van der Waals surface area contributed by atoms with Gasteiger partial charge in [-0.3, -0.25) is 19.7 Å². The fourth-order valence-corrected chi connectivity index (χ4v) is 2.32. The van der Waals surface area contributed by atoms with Crippen LogP contribution in [0.5, 0.6) is 0 Å². The van der Waals surface area contributed by atoms with Crippen LogP contribution in [-0.2, 0) is 11.2 Å². The molecule has 0 fully saturated rings. The minimum atomic E-state index is -0.503. The van der Waals surface area contributed by atoms with Gasteiger partial charge < -0.3 is 10.6 Å². The molecule has 0 saturated heterocycles. The van der Waals surface area contributed by atoms with Gasteiger partial charge in [-0.25, -0.2) is 0 Å². The lowest BCUT2D eigenvalue weighted by molar-refractivity contribution is -0.385. The Balaban J connectivity index is 1.78. The largest absolute Gasteiger partial charge is 0.354 e. The molecule has 2 rings (SSSR count). The van der Waals surface area contributed by atoms with Gasteiger partial charge in [-0.2, -0.15) is 0 Å². The van der Waals surface area contributed by atoms with Crippen molar-refractivity contribution in [2.45, 2.75) is 13.3 Å². The molecule has 0 aliphatic rings. The summed E-state index contributed by atoms with van der Waals surface area (Å²) < 4.78 is 0. The molecule has 7 heteroatoms. The summed E-state index contributed by atoms with van der Waals surface area (Å²) in [6.45, 7) is 1.89. The second kappa shape index (κ2) is 8.58. The van der Waals surface area contributed by atoms with E-state index in [1.807, 2.05) is 30.3 Å². The SMILES string of the molecule is Cc1cc(C(=O)NCC(=O)NCCc2ccccc2)ccc1[N+](=O)[O-]. The maximum Gasteiger partial charge on any atom is 0.272 e. The van der Waals surface area contributed by atoms with Crippen molar-refractivity contribution in [3.8, 4) is 0 Å². The molecule has 0 aliphatic heterocycles. The molecule has 130 valence electrons. The number of nitrogens with zero attached hydrogens (tertiary/aromatic N) is 1. The number of hydrogen-bond acceptors (Lipinski definition) is 4. The van der Waals surface area contributed by atoms with E-state index in [1.54, 1.807) is 6.92 Å². The van der Waals surface area contributed by atoms with Crippen molar-refractivity contribution in [3.63, 3.8) is 0 Å².